The van der Waals surface area contributed by atoms with Gasteiger partial charge in [-0.15, -0.1) is 0 Å². The van der Waals surface area contributed by atoms with Crippen LogP contribution in [-0.2, 0) is 6.54 Å². The lowest BCUT2D eigenvalue weighted by Gasteiger charge is -2.32. The van der Waals surface area contributed by atoms with Gasteiger partial charge in [0.2, 0.25) is 0 Å². The molecule has 0 bridgehead atoms. The van der Waals surface area contributed by atoms with E-state index in [1.165, 1.54) is 0 Å². The molecule has 0 unspecified atom stereocenters. The summed E-state index contributed by atoms with van der Waals surface area (Å²) in [5, 5.41) is 2.98. The number of hydrogen-bond acceptors (Lipinski definition) is 3. The van der Waals surface area contributed by atoms with Crippen molar-refractivity contribution in [1.82, 2.24) is 14.5 Å². The standard InChI is InChI=1S/C19H26N4O2/c1-3-25-18-7-5-4-6-17(18)21-19(24)22-11-8-16(9-12-22)14-23-13-10-20-15(23)2/h4-7,10,13,16H,3,8-9,11-12,14H2,1-2H3,(H,21,24). The first kappa shape index (κ1) is 17.3. The number of aromatic nitrogens is 2. The maximum absolute atomic E-state index is 12.5. The van der Waals surface area contributed by atoms with Crippen LogP contribution in [0, 0.1) is 12.8 Å². The summed E-state index contributed by atoms with van der Waals surface area (Å²) in [6.07, 6.45) is 5.89. The monoisotopic (exact) mass is 342 g/mol. The highest BCUT2D eigenvalue weighted by Crippen LogP contribution is 2.25. The fourth-order valence-corrected chi connectivity index (χ4v) is 3.24. The molecule has 0 aliphatic carbocycles. The van der Waals surface area contributed by atoms with Crippen LogP contribution in [0.1, 0.15) is 25.6 Å². The van der Waals surface area contributed by atoms with Crippen LogP contribution in [0.5, 0.6) is 5.75 Å². The SMILES string of the molecule is CCOc1ccccc1NC(=O)N1CCC(Cn2ccnc2C)CC1. The number of nitrogens with one attached hydrogen (secondary N) is 1. The maximum atomic E-state index is 12.5. The zero-order chi connectivity index (χ0) is 17.6. The van der Waals surface area contributed by atoms with Crippen molar-refractivity contribution in [2.75, 3.05) is 25.0 Å². The molecule has 0 radical (unpaired) electrons. The van der Waals surface area contributed by atoms with Gasteiger partial charge in [-0.3, -0.25) is 0 Å². The Morgan fingerprint density at radius 2 is 2.08 bits per heavy atom. The first-order valence-corrected chi connectivity index (χ1v) is 8.93. The summed E-state index contributed by atoms with van der Waals surface area (Å²) in [6, 6.07) is 7.50. The van der Waals surface area contributed by atoms with Gasteiger partial charge in [0.15, 0.2) is 0 Å². The third-order valence-electron chi connectivity index (χ3n) is 4.71. The Bertz CT molecular complexity index is 705. The highest BCUT2D eigenvalue weighted by molar-refractivity contribution is 5.91. The number of piperidine rings is 1. The summed E-state index contributed by atoms with van der Waals surface area (Å²) in [5.74, 6) is 2.35. The number of carbonyl (C=O) groups excluding carboxylic acids is 1. The van der Waals surface area contributed by atoms with Crippen LogP contribution in [0.25, 0.3) is 0 Å². The Morgan fingerprint density at radius 3 is 2.76 bits per heavy atom. The van der Waals surface area contributed by atoms with E-state index in [1.807, 2.05) is 55.4 Å². The van der Waals surface area contributed by atoms with Gasteiger partial charge in [-0.1, -0.05) is 12.1 Å². The molecule has 6 heteroatoms. The lowest BCUT2D eigenvalue weighted by Crippen LogP contribution is -2.41. The molecule has 2 amide bonds. The largest absolute Gasteiger partial charge is 0.492 e. The fraction of sp³-hybridized carbons (Fsp3) is 0.474. The smallest absolute Gasteiger partial charge is 0.321 e. The van der Waals surface area contributed by atoms with Crippen molar-refractivity contribution < 1.29 is 9.53 Å². The van der Waals surface area contributed by atoms with Crippen LogP contribution in [0.3, 0.4) is 0 Å². The molecule has 1 N–H and O–H groups in total. The second-order valence-electron chi connectivity index (χ2n) is 6.42. The summed E-state index contributed by atoms with van der Waals surface area (Å²) in [4.78, 5) is 18.7. The highest BCUT2D eigenvalue weighted by atomic mass is 16.5. The third-order valence-corrected chi connectivity index (χ3v) is 4.71. The van der Waals surface area contributed by atoms with E-state index in [9.17, 15) is 4.79 Å². The van der Waals surface area contributed by atoms with Crippen LogP contribution in [0.2, 0.25) is 0 Å². The first-order valence-electron chi connectivity index (χ1n) is 8.93. The molecule has 0 saturated carbocycles. The predicted octanol–water partition coefficient (Wildman–Crippen LogP) is 3.53. The van der Waals surface area contributed by atoms with Gasteiger partial charge >= 0.3 is 6.03 Å². The number of imidazole rings is 1. The molecule has 134 valence electrons. The van der Waals surface area contributed by atoms with E-state index in [4.69, 9.17) is 4.74 Å². The summed E-state index contributed by atoms with van der Waals surface area (Å²) >= 11 is 0. The van der Waals surface area contributed by atoms with E-state index in [0.29, 0.717) is 18.3 Å². The molecule has 1 aromatic heterocycles. The number of anilines is 1. The average Bonchev–Trinajstić information content (AvgIpc) is 3.02. The van der Waals surface area contributed by atoms with Gasteiger partial charge < -0.3 is 19.5 Å². The van der Waals surface area contributed by atoms with Gasteiger partial charge in [-0.05, 0) is 44.7 Å². The van der Waals surface area contributed by atoms with Gasteiger partial charge in [0.25, 0.3) is 0 Å². The van der Waals surface area contributed by atoms with E-state index in [0.717, 1.165) is 44.0 Å². The molecule has 1 saturated heterocycles. The number of amides is 2. The van der Waals surface area contributed by atoms with Gasteiger partial charge in [0.05, 0.1) is 12.3 Å². The Labute approximate surface area is 148 Å². The number of aryl methyl sites for hydroxylation is 1. The summed E-state index contributed by atoms with van der Waals surface area (Å²) in [5.41, 5.74) is 0.727. The van der Waals surface area contributed by atoms with Crippen LogP contribution in [0.15, 0.2) is 36.7 Å². The lowest BCUT2D eigenvalue weighted by molar-refractivity contribution is 0.176. The van der Waals surface area contributed by atoms with Crippen LogP contribution in [0.4, 0.5) is 10.5 Å². The van der Waals surface area contributed by atoms with E-state index in [-0.39, 0.29) is 6.03 Å². The average molecular weight is 342 g/mol. The van der Waals surface area contributed by atoms with Crippen molar-refractivity contribution in [3.8, 4) is 5.75 Å². The molecule has 3 rings (SSSR count). The van der Waals surface area contributed by atoms with Gasteiger partial charge in [0.1, 0.15) is 11.6 Å². The molecule has 1 aliphatic heterocycles. The van der Waals surface area contributed by atoms with E-state index in [1.54, 1.807) is 0 Å². The third kappa shape index (κ3) is 4.32. The Kier molecular flexibility index (Phi) is 5.58. The van der Waals surface area contributed by atoms with Crippen molar-refractivity contribution in [3.63, 3.8) is 0 Å². The topological polar surface area (TPSA) is 59.4 Å². The second kappa shape index (κ2) is 8.05. The minimum Gasteiger partial charge on any atom is -0.492 e. The Hall–Kier alpha value is -2.50. The zero-order valence-corrected chi connectivity index (χ0v) is 14.9. The van der Waals surface area contributed by atoms with Crippen LogP contribution in [-0.4, -0.2) is 40.2 Å². The van der Waals surface area contributed by atoms with Crippen LogP contribution < -0.4 is 10.1 Å². The molecule has 2 heterocycles. The van der Waals surface area contributed by atoms with Crippen LogP contribution >= 0.6 is 0 Å². The fourth-order valence-electron chi connectivity index (χ4n) is 3.24. The van der Waals surface area contributed by atoms with Gasteiger partial charge in [-0.25, -0.2) is 9.78 Å². The van der Waals surface area contributed by atoms with E-state index >= 15 is 0 Å². The van der Waals surface area contributed by atoms with Gasteiger partial charge in [-0.2, -0.15) is 0 Å². The molecular formula is C19H26N4O2. The maximum Gasteiger partial charge on any atom is 0.321 e. The molecule has 6 nitrogen and oxygen atoms in total. The molecule has 1 fully saturated rings. The molecular weight excluding hydrogens is 316 g/mol. The van der Waals surface area contributed by atoms with E-state index < -0.39 is 0 Å². The number of urea groups is 1. The molecule has 25 heavy (non-hydrogen) atoms. The van der Waals surface area contributed by atoms with Crippen molar-refractivity contribution in [3.05, 3.63) is 42.5 Å². The summed E-state index contributed by atoms with van der Waals surface area (Å²) in [7, 11) is 0. The predicted molar refractivity (Wildman–Crippen MR) is 97.9 cm³/mol. The number of carbonyl (C=O) groups is 1. The molecule has 2 aromatic rings. The number of likely N-dealkylation sites (tertiary alicyclic amines) is 1. The zero-order valence-electron chi connectivity index (χ0n) is 14.9. The number of hydrogen-bond donors (Lipinski definition) is 1. The lowest BCUT2D eigenvalue weighted by atomic mass is 9.97. The quantitative estimate of drug-likeness (QED) is 0.904. The summed E-state index contributed by atoms with van der Waals surface area (Å²) in [6.45, 7) is 7.08. The highest BCUT2D eigenvalue weighted by Gasteiger charge is 2.23. The van der Waals surface area contributed by atoms with Crippen molar-refractivity contribution in [2.45, 2.75) is 33.2 Å². The minimum absolute atomic E-state index is 0.0515. The minimum atomic E-state index is -0.0515. The molecule has 0 spiro atoms. The second-order valence-corrected chi connectivity index (χ2v) is 6.42. The molecule has 1 aromatic carbocycles. The van der Waals surface area contributed by atoms with E-state index in [2.05, 4.69) is 14.9 Å². The Balaban J connectivity index is 1.52. The summed E-state index contributed by atoms with van der Waals surface area (Å²) < 4.78 is 7.76. The Morgan fingerprint density at radius 1 is 1.32 bits per heavy atom. The molecule has 1 aliphatic rings. The number of nitrogens with zero attached hydrogens (tertiary/aromatic N) is 3. The normalized spacial score (nSPS) is 15.2. The number of rotatable bonds is 5. The van der Waals surface area contributed by atoms with Crippen molar-refractivity contribution in [1.29, 1.82) is 0 Å². The van der Waals surface area contributed by atoms with Gasteiger partial charge in [0, 0.05) is 32.0 Å². The van der Waals surface area contributed by atoms with Crippen molar-refractivity contribution >= 4 is 11.7 Å². The van der Waals surface area contributed by atoms with Crippen molar-refractivity contribution in [2.24, 2.45) is 5.92 Å². The number of benzene rings is 1. The molecule has 0 atom stereocenters. The number of para-hydroxylation sites is 2. The first-order chi connectivity index (χ1) is 12.2. The number of ether oxygens (including phenoxy) is 1.